The second-order valence-corrected chi connectivity index (χ2v) is 1.69. The van der Waals surface area contributed by atoms with Crippen LogP contribution in [0, 0.1) is 0 Å². The van der Waals surface area contributed by atoms with Crippen molar-refractivity contribution in [3.8, 4) is 0 Å². The van der Waals surface area contributed by atoms with E-state index in [9.17, 15) is 9.59 Å². The van der Waals surface area contributed by atoms with Gasteiger partial charge in [-0.15, -0.1) is 0 Å². The lowest BCUT2D eigenvalue weighted by Crippen LogP contribution is -2.14. The van der Waals surface area contributed by atoms with E-state index in [2.05, 4.69) is 4.74 Å². The third kappa shape index (κ3) is 1.80. The van der Waals surface area contributed by atoms with Crippen molar-refractivity contribution < 1.29 is 14.3 Å². The third-order valence-electron chi connectivity index (χ3n) is 1.06. The molecule has 0 aromatic heterocycles. The summed E-state index contributed by atoms with van der Waals surface area (Å²) in [7, 11) is 0. The summed E-state index contributed by atoms with van der Waals surface area (Å²) in [4.78, 5) is 20.8. The summed E-state index contributed by atoms with van der Waals surface area (Å²) in [6, 6.07) is 0. The molecule has 0 radical (unpaired) electrons. The Kier molecular flexibility index (Phi) is 3.30. The van der Waals surface area contributed by atoms with E-state index in [0.717, 1.165) is 0 Å². The SMILES string of the molecule is CC.CC1=C(N)C(=O)C(=O)O1. The molecule has 1 heterocycles. The van der Waals surface area contributed by atoms with E-state index in [-0.39, 0.29) is 11.5 Å². The molecule has 1 rings (SSSR count). The van der Waals surface area contributed by atoms with Gasteiger partial charge in [-0.25, -0.2) is 4.79 Å². The summed E-state index contributed by atoms with van der Waals surface area (Å²) in [5, 5.41) is 0. The van der Waals surface area contributed by atoms with Gasteiger partial charge in [-0.2, -0.15) is 0 Å². The number of carbonyl (C=O) groups is 2. The average Bonchev–Trinajstić information content (AvgIpc) is 2.22. The van der Waals surface area contributed by atoms with Gasteiger partial charge in [0.15, 0.2) is 0 Å². The third-order valence-corrected chi connectivity index (χ3v) is 1.06. The molecule has 11 heavy (non-hydrogen) atoms. The van der Waals surface area contributed by atoms with Crippen LogP contribution in [0.1, 0.15) is 20.8 Å². The molecule has 0 aromatic rings. The van der Waals surface area contributed by atoms with Crippen molar-refractivity contribution >= 4 is 11.8 Å². The molecule has 0 atom stereocenters. The van der Waals surface area contributed by atoms with Gasteiger partial charge in [-0.1, -0.05) is 13.8 Å². The molecule has 1 aliphatic heterocycles. The first-order valence-corrected chi connectivity index (χ1v) is 3.36. The molecule has 62 valence electrons. The molecule has 0 amide bonds. The van der Waals surface area contributed by atoms with Crippen molar-refractivity contribution in [2.24, 2.45) is 5.73 Å². The zero-order chi connectivity index (χ0) is 9.02. The fraction of sp³-hybridized carbons (Fsp3) is 0.429. The average molecular weight is 157 g/mol. The lowest BCUT2D eigenvalue weighted by molar-refractivity contribution is -0.146. The Morgan fingerprint density at radius 2 is 1.73 bits per heavy atom. The number of ether oxygens (including phenoxy) is 1. The molecular weight excluding hydrogens is 146 g/mol. The Morgan fingerprint density at radius 3 is 1.82 bits per heavy atom. The summed E-state index contributed by atoms with van der Waals surface area (Å²) in [5.41, 5.74) is 5.01. The number of Topliss-reactive ketones (excluding diaryl/α,β-unsaturated/α-hetero) is 1. The number of ketones is 1. The van der Waals surface area contributed by atoms with Crippen molar-refractivity contribution in [3.05, 3.63) is 11.5 Å². The van der Waals surface area contributed by atoms with Crippen molar-refractivity contribution in [1.29, 1.82) is 0 Å². The molecule has 1 aliphatic rings. The van der Waals surface area contributed by atoms with Gasteiger partial charge in [-0.05, 0) is 6.92 Å². The van der Waals surface area contributed by atoms with Crippen LogP contribution in [0.4, 0.5) is 0 Å². The zero-order valence-electron chi connectivity index (χ0n) is 6.80. The van der Waals surface area contributed by atoms with Gasteiger partial charge in [0.2, 0.25) is 0 Å². The number of nitrogens with two attached hydrogens (primary N) is 1. The lowest BCUT2D eigenvalue weighted by atomic mass is 10.3. The minimum atomic E-state index is -0.884. The number of cyclic esters (lactones) is 1. The minimum absolute atomic E-state index is 0.0833. The number of hydrogen-bond acceptors (Lipinski definition) is 4. The van der Waals surface area contributed by atoms with Gasteiger partial charge < -0.3 is 10.5 Å². The Labute approximate surface area is 65.0 Å². The quantitative estimate of drug-likeness (QED) is 0.406. The van der Waals surface area contributed by atoms with E-state index < -0.39 is 11.8 Å². The Hall–Kier alpha value is -1.32. The van der Waals surface area contributed by atoms with E-state index >= 15 is 0 Å². The first kappa shape index (κ1) is 9.68. The van der Waals surface area contributed by atoms with Crippen molar-refractivity contribution in [2.45, 2.75) is 20.8 Å². The highest BCUT2D eigenvalue weighted by Crippen LogP contribution is 2.10. The Bertz CT molecular complexity index is 215. The second-order valence-electron chi connectivity index (χ2n) is 1.69. The number of allylic oxidation sites excluding steroid dienone is 1. The molecule has 0 aromatic carbocycles. The number of carbonyl (C=O) groups excluding carboxylic acids is 2. The van der Waals surface area contributed by atoms with E-state index in [0.29, 0.717) is 0 Å². The van der Waals surface area contributed by atoms with Gasteiger partial charge >= 0.3 is 5.97 Å². The predicted octanol–water partition coefficient (Wildman–Crippen LogP) is 0.329. The second kappa shape index (κ2) is 3.75. The molecule has 0 bridgehead atoms. The monoisotopic (exact) mass is 157 g/mol. The molecule has 0 aliphatic carbocycles. The van der Waals surface area contributed by atoms with Crippen LogP contribution < -0.4 is 5.73 Å². The van der Waals surface area contributed by atoms with Crippen LogP contribution >= 0.6 is 0 Å². The van der Waals surface area contributed by atoms with E-state index in [1.807, 2.05) is 13.8 Å². The summed E-state index contributed by atoms with van der Waals surface area (Å²) in [6.07, 6.45) is 0. The molecular formula is C7H11NO3. The highest BCUT2D eigenvalue weighted by molar-refractivity contribution is 6.42. The van der Waals surface area contributed by atoms with Crippen LogP contribution in [0.5, 0.6) is 0 Å². The van der Waals surface area contributed by atoms with Crippen molar-refractivity contribution in [1.82, 2.24) is 0 Å². The van der Waals surface area contributed by atoms with Crippen LogP contribution in [0.3, 0.4) is 0 Å². The molecule has 0 spiro atoms. The van der Waals surface area contributed by atoms with E-state index in [4.69, 9.17) is 5.73 Å². The fourth-order valence-corrected chi connectivity index (χ4v) is 0.510. The Balaban J connectivity index is 0.000000461. The van der Waals surface area contributed by atoms with E-state index in [1.54, 1.807) is 0 Å². The smallest absolute Gasteiger partial charge is 0.386 e. The first-order chi connectivity index (χ1) is 5.13. The topological polar surface area (TPSA) is 69.4 Å². The van der Waals surface area contributed by atoms with Gasteiger partial charge in [0.05, 0.1) is 0 Å². The van der Waals surface area contributed by atoms with Crippen LogP contribution in [0.15, 0.2) is 11.5 Å². The van der Waals surface area contributed by atoms with Crippen molar-refractivity contribution in [3.63, 3.8) is 0 Å². The van der Waals surface area contributed by atoms with Gasteiger partial charge in [0.25, 0.3) is 5.78 Å². The van der Waals surface area contributed by atoms with Gasteiger partial charge in [0.1, 0.15) is 11.5 Å². The maximum absolute atomic E-state index is 10.5. The molecule has 0 saturated heterocycles. The number of hydrogen-bond donors (Lipinski definition) is 1. The summed E-state index contributed by atoms with van der Waals surface area (Å²) in [5.74, 6) is -1.43. The first-order valence-electron chi connectivity index (χ1n) is 3.36. The minimum Gasteiger partial charge on any atom is -0.423 e. The normalized spacial score (nSPS) is 15.9. The summed E-state index contributed by atoms with van der Waals surface area (Å²) in [6.45, 7) is 5.47. The fourth-order valence-electron chi connectivity index (χ4n) is 0.510. The lowest BCUT2D eigenvalue weighted by Gasteiger charge is -1.86. The maximum Gasteiger partial charge on any atom is 0.386 e. The highest BCUT2D eigenvalue weighted by Gasteiger charge is 2.28. The molecule has 0 saturated carbocycles. The van der Waals surface area contributed by atoms with Gasteiger partial charge in [0, 0.05) is 0 Å². The number of rotatable bonds is 0. The number of esters is 1. The molecule has 0 unspecified atom stereocenters. The van der Waals surface area contributed by atoms with Crippen LogP contribution in [0.2, 0.25) is 0 Å². The van der Waals surface area contributed by atoms with Gasteiger partial charge in [-0.3, -0.25) is 4.79 Å². The van der Waals surface area contributed by atoms with E-state index in [1.165, 1.54) is 6.92 Å². The maximum atomic E-state index is 10.5. The largest absolute Gasteiger partial charge is 0.423 e. The predicted molar refractivity (Wildman–Crippen MR) is 39.3 cm³/mol. The Morgan fingerprint density at radius 1 is 1.27 bits per heavy atom. The van der Waals surface area contributed by atoms with Crippen LogP contribution in [-0.4, -0.2) is 11.8 Å². The molecule has 0 fully saturated rings. The van der Waals surface area contributed by atoms with Crippen LogP contribution in [-0.2, 0) is 14.3 Å². The van der Waals surface area contributed by atoms with Crippen LogP contribution in [0.25, 0.3) is 0 Å². The molecule has 4 heteroatoms. The molecule has 4 nitrogen and oxygen atoms in total. The summed E-state index contributed by atoms with van der Waals surface area (Å²) >= 11 is 0. The standard InChI is InChI=1S/C5H5NO3.C2H6/c1-2-3(6)4(7)5(8)9-2;1-2/h6H2,1H3;1-2H3. The zero-order valence-corrected chi connectivity index (χ0v) is 6.80. The molecule has 2 N–H and O–H groups in total. The van der Waals surface area contributed by atoms with Crippen molar-refractivity contribution in [2.75, 3.05) is 0 Å². The summed E-state index contributed by atoms with van der Waals surface area (Å²) < 4.78 is 4.35. The highest BCUT2D eigenvalue weighted by atomic mass is 16.5.